The van der Waals surface area contributed by atoms with Crippen LogP contribution >= 0.6 is 0 Å². The van der Waals surface area contributed by atoms with Gasteiger partial charge in [0.05, 0.1) is 35.9 Å². The summed E-state index contributed by atoms with van der Waals surface area (Å²) in [5.74, 6) is 0.127. The first kappa shape index (κ1) is 20.1. The van der Waals surface area contributed by atoms with Crippen molar-refractivity contribution in [3.8, 4) is 11.3 Å². The van der Waals surface area contributed by atoms with E-state index in [0.29, 0.717) is 30.2 Å². The molecule has 29 heavy (non-hydrogen) atoms. The molecule has 1 aromatic carbocycles. The van der Waals surface area contributed by atoms with Crippen molar-refractivity contribution in [3.63, 3.8) is 0 Å². The van der Waals surface area contributed by atoms with Crippen LogP contribution in [0.15, 0.2) is 59.8 Å². The average molecular weight is 389 g/mol. The average Bonchev–Trinajstić information content (AvgIpc) is 2.71. The fraction of sp³-hybridized carbons (Fsp3) is 0.190. The Morgan fingerprint density at radius 2 is 1.93 bits per heavy atom. The number of aryl methyl sites for hydroxylation is 1. The fourth-order valence-corrected chi connectivity index (χ4v) is 2.82. The second-order valence-corrected chi connectivity index (χ2v) is 6.44. The molecule has 8 heteroatoms. The van der Waals surface area contributed by atoms with E-state index in [1.54, 1.807) is 19.4 Å². The minimum Gasteiger partial charge on any atom is -0.383 e. The van der Waals surface area contributed by atoms with E-state index in [0.717, 1.165) is 22.5 Å². The van der Waals surface area contributed by atoms with E-state index in [1.165, 1.54) is 0 Å². The SMILES string of the molecule is COCc1cccc(CN/C=C(\N=N)c2cc(-c3cccc(C)c3)nc(N)n2)n1. The van der Waals surface area contributed by atoms with E-state index >= 15 is 0 Å². The Balaban J connectivity index is 1.80. The number of pyridine rings is 1. The first-order valence-corrected chi connectivity index (χ1v) is 9.06. The summed E-state index contributed by atoms with van der Waals surface area (Å²) < 4.78 is 5.11. The Kier molecular flexibility index (Phi) is 6.59. The molecule has 0 fully saturated rings. The molecule has 2 aromatic heterocycles. The molecule has 0 aliphatic carbocycles. The Morgan fingerprint density at radius 3 is 2.69 bits per heavy atom. The van der Waals surface area contributed by atoms with Crippen molar-refractivity contribution in [1.82, 2.24) is 20.3 Å². The van der Waals surface area contributed by atoms with Crippen LogP contribution in [0.1, 0.15) is 22.6 Å². The molecule has 0 amide bonds. The number of hydrogen-bond donors (Lipinski definition) is 3. The van der Waals surface area contributed by atoms with E-state index in [4.69, 9.17) is 16.0 Å². The largest absolute Gasteiger partial charge is 0.383 e. The minimum atomic E-state index is 0.127. The van der Waals surface area contributed by atoms with Gasteiger partial charge in [-0.25, -0.2) is 15.5 Å². The first-order valence-electron chi connectivity index (χ1n) is 9.06. The number of nitrogens with one attached hydrogen (secondary N) is 2. The molecule has 0 saturated heterocycles. The van der Waals surface area contributed by atoms with Crippen LogP contribution in [0.4, 0.5) is 5.95 Å². The van der Waals surface area contributed by atoms with Crippen LogP contribution in [0.3, 0.4) is 0 Å². The third-order valence-corrected chi connectivity index (χ3v) is 4.12. The summed E-state index contributed by atoms with van der Waals surface area (Å²) >= 11 is 0. The molecule has 0 radical (unpaired) electrons. The molecule has 0 aliphatic heterocycles. The fourth-order valence-electron chi connectivity index (χ4n) is 2.82. The Morgan fingerprint density at radius 1 is 1.14 bits per heavy atom. The smallest absolute Gasteiger partial charge is 0.221 e. The third kappa shape index (κ3) is 5.43. The monoisotopic (exact) mass is 389 g/mol. The Labute approximate surface area is 169 Å². The molecular weight excluding hydrogens is 366 g/mol. The van der Waals surface area contributed by atoms with Gasteiger partial charge in [0.25, 0.3) is 0 Å². The molecule has 8 nitrogen and oxygen atoms in total. The van der Waals surface area contributed by atoms with Crippen molar-refractivity contribution in [2.24, 2.45) is 5.11 Å². The van der Waals surface area contributed by atoms with Gasteiger partial charge in [-0.05, 0) is 31.2 Å². The van der Waals surface area contributed by atoms with Crippen molar-refractivity contribution in [2.75, 3.05) is 12.8 Å². The lowest BCUT2D eigenvalue weighted by Gasteiger charge is -2.08. The standard InChI is InChI=1S/C21H23N7O/c1-14-5-3-6-15(9-14)18-10-19(27-21(22)26-18)20(28-23)12-24-11-16-7-4-8-17(25-16)13-29-2/h3-10,12,23-24H,11,13H2,1-2H3,(H2,22,26,27)/b20-12-,28-23?. The van der Waals surface area contributed by atoms with Crippen LogP contribution in [0, 0.1) is 12.5 Å². The summed E-state index contributed by atoms with van der Waals surface area (Å²) in [6.45, 7) is 2.94. The van der Waals surface area contributed by atoms with Crippen molar-refractivity contribution < 1.29 is 4.74 Å². The van der Waals surface area contributed by atoms with Crippen molar-refractivity contribution in [1.29, 1.82) is 5.53 Å². The molecule has 2 heterocycles. The highest BCUT2D eigenvalue weighted by molar-refractivity contribution is 5.68. The van der Waals surface area contributed by atoms with Crippen molar-refractivity contribution >= 4 is 11.6 Å². The molecular formula is C21H23N7O. The number of aromatic nitrogens is 3. The number of nitrogen functional groups attached to an aromatic ring is 1. The summed E-state index contributed by atoms with van der Waals surface area (Å²) in [6.07, 6.45) is 1.62. The minimum absolute atomic E-state index is 0.127. The number of benzene rings is 1. The molecule has 3 rings (SSSR count). The van der Waals surface area contributed by atoms with Gasteiger partial charge in [0.15, 0.2) is 0 Å². The van der Waals surface area contributed by atoms with Gasteiger partial charge in [-0.3, -0.25) is 4.98 Å². The van der Waals surface area contributed by atoms with Crippen molar-refractivity contribution in [2.45, 2.75) is 20.1 Å². The maximum Gasteiger partial charge on any atom is 0.221 e. The van der Waals surface area contributed by atoms with E-state index in [9.17, 15) is 0 Å². The normalized spacial score (nSPS) is 11.3. The van der Waals surface area contributed by atoms with E-state index in [-0.39, 0.29) is 5.95 Å². The molecule has 3 aromatic rings. The third-order valence-electron chi connectivity index (χ3n) is 4.12. The van der Waals surface area contributed by atoms with Gasteiger partial charge in [-0.1, -0.05) is 29.8 Å². The zero-order chi connectivity index (χ0) is 20.6. The molecule has 0 atom stereocenters. The van der Waals surface area contributed by atoms with Crippen LogP contribution in [0.25, 0.3) is 17.0 Å². The van der Waals surface area contributed by atoms with Gasteiger partial charge >= 0.3 is 0 Å². The van der Waals surface area contributed by atoms with E-state index < -0.39 is 0 Å². The topological polar surface area (TPSA) is 122 Å². The highest BCUT2D eigenvalue weighted by Crippen LogP contribution is 2.23. The number of methoxy groups -OCH3 is 1. The molecule has 148 valence electrons. The number of anilines is 1. The second-order valence-electron chi connectivity index (χ2n) is 6.44. The van der Waals surface area contributed by atoms with Crippen LogP contribution in [-0.4, -0.2) is 22.1 Å². The maximum absolute atomic E-state index is 7.53. The lowest BCUT2D eigenvalue weighted by molar-refractivity contribution is 0.181. The van der Waals surface area contributed by atoms with Crippen LogP contribution in [-0.2, 0) is 17.9 Å². The number of nitrogens with zero attached hydrogens (tertiary/aromatic N) is 4. The second kappa shape index (κ2) is 9.52. The highest BCUT2D eigenvalue weighted by atomic mass is 16.5. The Hall–Kier alpha value is -3.65. The van der Waals surface area contributed by atoms with Crippen LogP contribution < -0.4 is 11.1 Å². The number of nitrogens with two attached hydrogens (primary N) is 1. The Bertz CT molecular complexity index is 1030. The van der Waals surface area contributed by atoms with Gasteiger partial charge in [0.1, 0.15) is 5.70 Å². The maximum atomic E-state index is 7.53. The van der Waals surface area contributed by atoms with E-state index in [2.05, 4.69) is 25.4 Å². The molecule has 4 N–H and O–H groups in total. The lowest BCUT2D eigenvalue weighted by atomic mass is 10.1. The zero-order valence-electron chi connectivity index (χ0n) is 16.4. The summed E-state index contributed by atoms with van der Waals surface area (Å²) in [4.78, 5) is 13.0. The van der Waals surface area contributed by atoms with Gasteiger partial charge < -0.3 is 15.8 Å². The molecule has 0 bridgehead atoms. The summed E-state index contributed by atoms with van der Waals surface area (Å²) in [7, 11) is 1.63. The number of hydrogen-bond acceptors (Lipinski definition) is 8. The molecule has 0 aliphatic rings. The van der Waals surface area contributed by atoms with Gasteiger partial charge in [-0.2, -0.15) is 5.11 Å². The first-order chi connectivity index (χ1) is 14.1. The quantitative estimate of drug-likeness (QED) is 0.505. The lowest BCUT2D eigenvalue weighted by Crippen LogP contribution is -2.09. The number of ether oxygens (including phenoxy) is 1. The molecule has 0 unspecified atom stereocenters. The van der Waals surface area contributed by atoms with Crippen LogP contribution in [0.5, 0.6) is 0 Å². The van der Waals surface area contributed by atoms with Gasteiger partial charge in [-0.15, -0.1) is 0 Å². The van der Waals surface area contributed by atoms with Gasteiger partial charge in [0, 0.05) is 18.9 Å². The summed E-state index contributed by atoms with van der Waals surface area (Å²) in [5.41, 5.74) is 18.7. The molecule has 0 spiro atoms. The highest BCUT2D eigenvalue weighted by Gasteiger charge is 2.09. The summed E-state index contributed by atoms with van der Waals surface area (Å²) in [5, 5.41) is 6.72. The van der Waals surface area contributed by atoms with Crippen LogP contribution in [0.2, 0.25) is 0 Å². The van der Waals surface area contributed by atoms with Crippen molar-refractivity contribution in [3.05, 3.63) is 77.4 Å². The summed E-state index contributed by atoms with van der Waals surface area (Å²) in [6, 6.07) is 15.5. The predicted molar refractivity (Wildman–Crippen MR) is 112 cm³/mol. The van der Waals surface area contributed by atoms with E-state index in [1.807, 2.05) is 49.4 Å². The zero-order valence-corrected chi connectivity index (χ0v) is 16.4. The predicted octanol–water partition coefficient (Wildman–Crippen LogP) is 3.69. The number of rotatable bonds is 8. The molecule has 0 saturated carbocycles. The van der Waals surface area contributed by atoms with Gasteiger partial charge in [0.2, 0.25) is 5.95 Å².